The molecule has 2 aromatic rings. The summed E-state index contributed by atoms with van der Waals surface area (Å²) in [5.74, 6) is 0.834. The standard InChI is InChI=1S/C24H33N2O4/c1-18-13-19(2)23(20(3)14-18)25-9-10-26(16-25)24-21(15-29-17-28-5)7-6-8-22(24)30-12-11-27-4/h6-8,13-14,16H,9-12,15,17H2,1-5H3/q+1. The number of aryl methyl sites for hydroxylation is 3. The van der Waals surface area contributed by atoms with Crippen LogP contribution in [-0.2, 0) is 20.8 Å². The van der Waals surface area contributed by atoms with E-state index in [1.165, 1.54) is 22.4 Å². The van der Waals surface area contributed by atoms with Gasteiger partial charge in [-0.25, -0.2) is 9.48 Å². The minimum atomic E-state index is 0.256. The van der Waals surface area contributed by atoms with Gasteiger partial charge in [0.15, 0.2) is 11.4 Å². The molecule has 0 atom stereocenters. The number of ether oxygens (including phenoxy) is 4. The summed E-state index contributed by atoms with van der Waals surface area (Å²) in [4.78, 5) is 2.26. The molecule has 6 heteroatoms. The Morgan fingerprint density at radius 1 is 1.00 bits per heavy atom. The zero-order chi connectivity index (χ0) is 21.5. The molecule has 0 amide bonds. The van der Waals surface area contributed by atoms with Crippen LogP contribution in [0.4, 0.5) is 11.4 Å². The highest BCUT2D eigenvalue weighted by atomic mass is 16.7. The Morgan fingerprint density at radius 2 is 1.77 bits per heavy atom. The zero-order valence-electron chi connectivity index (χ0n) is 18.7. The summed E-state index contributed by atoms with van der Waals surface area (Å²) in [6, 6.07) is 10.6. The molecule has 0 aliphatic carbocycles. The lowest BCUT2D eigenvalue weighted by molar-refractivity contribution is -0.425. The van der Waals surface area contributed by atoms with Gasteiger partial charge in [0.05, 0.1) is 13.2 Å². The fourth-order valence-corrected chi connectivity index (χ4v) is 4.06. The molecule has 0 unspecified atom stereocenters. The molecule has 1 heterocycles. The topological polar surface area (TPSA) is 43.2 Å². The lowest BCUT2D eigenvalue weighted by atomic mass is 10.0. The molecule has 0 N–H and O–H groups in total. The molecule has 0 radical (unpaired) electrons. The SMILES string of the molecule is COCCOc1cccc(COCOC)c1N1C=[N+](c2c(C)cc(C)cc2C)CC1. The maximum absolute atomic E-state index is 6.05. The first-order valence-corrected chi connectivity index (χ1v) is 10.3. The first kappa shape index (κ1) is 22.3. The van der Waals surface area contributed by atoms with E-state index in [4.69, 9.17) is 18.9 Å². The van der Waals surface area contributed by atoms with E-state index < -0.39 is 0 Å². The van der Waals surface area contributed by atoms with Crippen LogP contribution in [0.5, 0.6) is 5.75 Å². The van der Waals surface area contributed by atoms with Gasteiger partial charge in [-0.3, -0.25) is 0 Å². The quantitative estimate of drug-likeness (QED) is 0.335. The van der Waals surface area contributed by atoms with Crippen molar-refractivity contribution in [1.82, 2.24) is 0 Å². The Bertz CT molecular complexity index is 844. The van der Waals surface area contributed by atoms with Crippen LogP contribution in [0.2, 0.25) is 0 Å². The van der Waals surface area contributed by atoms with Crippen molar-refractivity contribution in [3.63, 3.8) is 0 Å². The van der Waals surface area contributed by atoms with Crippen molar-refractivity contribution in [2.24, 2.45) is 0 Å². The average molecular weight is 414 g/mol. The summed E-state index contributed by atoms with van der Waals surface area (Å²) >= 11 is 0. The van der Waals surface area contributed by atoms with Gasteiger partial charge < -0.3 is 18.9 Å². The zero-order valence-corrected chi connectivity index (χ0v) is 18.7. The number of anilines is 1. The molecule has 2 aromatic carbocycles. The maximum atomic E-state index is 6.05. The summed E-state index contributed by atoms with van der Waals surface area (Å²) in [7, 11) is 3.31. The third kappa shape index (κ3) is 5.19. The highest BCUT2D eigenvalue weighted by Gasteiger charge is 2.29. The third-order valence-electron chi connectivity index (χ3n) is 5.16. The van der Waals surface area contributed by atoms with Gasteiger partial charge in [0.25, 0.3) is 0 Å². The largest absolute Gasteiger partial charge is 0.487 e. The molecular formula is C24H33N2O4+. The molecule has 30 heavy (non-hydrogen) atoms. The Labute approximate surface area is 179 Å². The highest BCUT2D eigenvalue weighted by Crippen LogP contribution is 2.35. The van der Waals surface area contributed by atoms with Gasteiger partial charge in [-0.05, 0) is 38.0 Å². The maximum Gasteiger partial charge on any atom is 0.244 e. The molecule has 1 aliphatic rings. The second-order valence-electron chi connectivity index (χ2n) is 7.61. The van der Waals surface area contributed by atoms with Gasteiger partial charge in [0, 0.05) is 19.8 Å². The summed E-state index contributed by atoms with van der Waals surface area (Å²) < 4.78 is 24.2. The van der Waals surface area contributed by atoms with E-state index >= 15 is 0 Å². The fraction of sp³-hybridized carbons (Fsp3) is 0.458. The van der Waals surface area contributed by atoms with Crippen molar-refractivity contribution in [2.45, 2.75) is 27.4 Å². The van der Waals surface area contributed by atoms with Crippen molar-refractivity contribution < 1.29 is 23.5 Å². The third-order valence-corrected chi connectivity index (χ3v) is 5.16. The van der Waals surface area contributed by atoms with Gasteiger partial charge in [-0.1, -0.05) is 29.8 Å². The van der Waals surface area contributed by atoms with E-state index in [0.29, 0.717) is 19.8 Å². The first-order chi connectivity index (χ1) is 14.5. The lowest BCUT2D eigenvalue weighted by Gasteiger charge is -2.17. The first-order valence-electron chi connectivity index (χ1n) is 10.3. The van der Waals surface area contributed by atoms with E-state index in [2.05, 4.69) is 54.8 Å². The summed E-state index contributed by atoms with van der Waals surface area (Å²) in [6.07, 6.45) is 2.18. The Hall–Kier alpha value is -2.41. The van der Waals surface area contributed by atoms with E-state index in [0.717, 1.165) is 30.1 Å². The summed E-state index contributed by atoms with van der Waals surface area (Å²) in [6.45, 7) is 10.0. The molecule has 0 saturated carbocycles. The molecule has 0 bridgehead atoms. The van der Waals surface area contributed by atoms with E-state index in [-0.39, 0.29) is 6.79 Å². The van der Waals surface area contributed by atoms with Crippen LogP contribution in [0.3, 0.4) is 0 Å². The van der Waals surface area contributed by atoms with Gasteiger partial charge >= 0.3 is 0 Å². The van der Waals surface area contributed by atoms with Crippen LogP contribution in [0.1, 0.15) is 22.3 Å². The fourth-order valence-electron chi connectivity index (χ4n) is 4.06. The van der Waals surface area contributed by atoms with Crippen molar-refractivity contribution in [3.05, 3.63) is 52.6 Å². The second kappa shape index (κ2) is 10.6. The Morgan fingerprint density at radius 3 is 2.47 bits per heavy atom. The number of methoxy groups -OCH3 is 2. The molecule has 0 fully saturated rings. The van der Waals surface area contributed by atoms with Gasteiger partial charge in [0.1, 0.15) is 32.2 Å². The van der Waals surface area contributed by atoms with Crippen LogP contribution in [0.15, 0.2) is 30.3 Å². The predicted molar refractivity (Wildman–Crippen MR) is 119 cm³/mol. The van der Waals surface area contributed by atoms with E-state index in [1.54, 1.807) is 14.2 Å². The van der Waals surface area contributed by atoms with Crippen LogP contribution < -0.4 is 9.64 Å². The normalized spacial score (nSPS) is 13.6. The summed E-state index contributed by atoms with van der Waals surface area (Å²) in [5.41, 5.74) is 7.25. The Balaban J connectivity index is 1.95. The molecule has 0 spiro atoms. The minimum Gasteiger partial charge on any atom is -0.487 e. The van der Waals surface area contributed by atoms with Crippen molar-refractivity contribution in [2.75, 3.05) is 52.2 Å². The number of benzene rings is 2. The molecule has 1 aliphatic heterocycles. The average Bonchev–Trinajstić information content (AvgIpc) is 3.17. The van der Waals surface area contributed by atoms with Gasteiger partial charge in [0.2, 0.25) is 6.34 Å². The molecule has 6 nitrogen and oxygen atoms in total. The van der Waals surface area contributed by atoms with Crippen molar-refractivity contribution >= 4 is 17.7 Å². The molecule has 0 aromatic heterocycles. The van der Waals surface area contributed by atoms with Crippen molar-refractivity contribution in [1.29, 1.82) is 0 Å². The number of para-hydroxylation sites is 1. The molecule has 162 valence electrons. The number of nitrogens with zero attached hydrogens (tertiary/aromatic N) is 2. The number of hydrogen-bond donors (Lipinski definition) is 0. The smallest absolute Gasteiger partial charge is 0.244 e. The number of hydrogen-bond acceptors (Lipinski definition) is 5. The van der Waals surface area contributed by atoms with E-state index in [1.807, 2.05) is 12.1 Å². The van der Waals surface area contributed by atoms with Crippen LogP contribution in [-0.4, -0.2) is 58.2 Å². The van der Waals surface area contributed by atoms with E-state index in [9.17, 15) is 0 Å². The highest BCUT2D eigenvalue weighted by molar-refractivity contribution is 5.83. The number of rotatable bonds is 10. The molecule has 3 rings (SSSR count). The minimum absolute atomic E-state index is 0.256. The second-order valence-corrected chi connectivity index (χ2v) is 7.61. The lowest BCUT2D eigenvalue weighted by Crippen LogP contribution is -2.21. The van der Waals surface area contributed by atoms with Crippen molar-refractivity contribution in [3.8, 4) is 5.75 Å². The van der Waals surface area contributed by atoms with Crippen LogP contribution in [0, 0.1) is 20.8 Å². The van der Waals surface area contributed by atoms with Crippen LogP contribution >= 0.6 is 0 Å². The molecular weight excluding hydrogens is 380 g/mol. The molecule has 0 saturated heterocycles. The van der Waals surface area contributed by atoms with Gasteiger partial charge in [-0.15, -0.1) is 0 Å². The summed E-state index contributed by atoms with van der Waals surface area (Å²) in [5, 5.41) is 0. The van der Waals surface area contributed by atoms with Gasteiger partial charge in [-0.2, -0.15) is 0 Å². The Kier molecular flexibility index (Phi) is 7.85. The monoisotopic (exact) mass is 413 g/mol. The van der Waals surface area contributed by atoms with Crippen LogP contribution in [0.25, 0.3) is 0 Å². The predicted octanol–water partition coefficient (Wildman–Crippen LogP) is 3.95.